The summed E-state index contributed by atoms with van der Waals surface area (Å²) in [7, 11) is 0. The summed E-state index contributed by atoms with van der Waals surface area (Å²) in [6.45, 7) is 7.12. The number of ketones is 2. The summed E-state index contributed by atoms with van der Waals surface area (Å²) in [4.78, 5) is 33.0. The van der Waals surface area contributed by atoms with E-state index >= 15 is 0 Å². The van der Waals surface area contributed by atoms with E-state index in [0.29, 0.717) is 17.5 Å². The molecule has 0 radical (unpaired) electrons. The second-order valence-electron chi connectivity index (χ2n) is 3.23. The second-order valence-corrected chi connectivity index (χ2v) is 3.23. The zero-order valence-corrected chi connectivity index (χ0v) is 14.8. The molecule has 92 valence electrons. The third-order valence-corrected chi connectivity index (χ3v) is 2.10. The van der Waals surface area contributed by atoms with Gasteiger partial charge in [-0.25, -0.2) is 0 Å². The SMILES string of the molecule is CC.CCC(=O)c1cc([C-]=O)cc(C(C)=O)c1.[K+]. The molecule has 0 amide bonds. The topological polar surface area (TPSA) is 51.2 Å². The van der Waals surface area contributed by atoms with Crippen LogP contribution in [0.25, 0.3) is 0 Å². The van der Waals surface area contributed by atoms with Crippen LogP contribution >= 0.6 is 0 Å². The van der Waals surface area contributed by atoms with Gasteiger partial charge in [0.1, 0.15) is 5.78 Å². The standard InChI is InChI=1S/C12H11O3.C2H6.K/c1-3-12(15)11-5-9(7-13)4-10(6-11)8(2)14;1-2;/h4-6H,3H2,1-2H3;1-2H3;/q-1;;+1. The molecule has 1 rings (SSSR count). The van der Waals surface area contributed by atoms with Crippen molar-refractivity contribution in [3.8, 4) is 0 Å². The first kappa shape index (κ1) is 20.2. The van der Waals surface area contributed by atoms with Crippen LogP contribution in [0.15, 0.2) is 18.2 Å². The Balaban J connectivity index is 0. The molecule has 0 atom stereocenters. The molecule has 1 aromatic carbocycles. The van der Waals surface area contributed by atoms with Gasteiger partial charge in [0, 0.05) is 6.42 Å². The monoisotopic (exact) mass is 272 g/mol. The molecular weight excluding hydrogens is 255 g/mol. The Labute approximate surface area is 151 Å². The van der Waals surface area contributed by atoms with E-state index in [4.69, 9.17) is 0 Å². The van der Waals surface area contributed by atoms with Crippen LogP contribution in [-0.4, -0.2) is 17.9 Å². The molecule has 0 saturated carbocycles. The minimum atomic E-state index is -0.169. The average molecular weight is 272 g/mol. The third kappa shape index (κ3) is 6.16. The predicted octanol–water partition coefficient (Wildman–Crippen LogP) is -0.0301. The summed E-state index contributed by atoms with van der Waals surface area (Å²) in [6, 6.07) is 4.39. The first-order valence-corrected chi connectivity index (χ1v) is 5.66. The minimum absolute atomic E-state index is 0. The fraction of sp³-hybridized carbons (Fsp3) is 0.357. The van der Waals surface area contributed by atoms with Crippen molar-refractivity contribution in [3.05, 3.63) is 34.9 Å². The molecule has 0 aliphatic rings. The van der Waals surface area contributed by atoms with E-state index in [2.05, 4.69) is 0 Å². The number of carbonyl (C=O) groups excluding carboxylic acids is 3. The van der Waals surface area contributed by atoms with Crippen molar-refractivity contribution < 1.29 is 65.8 Å². The van der Waals surface area contributed by atoms with E-state index in [9.17, 15) is 14.4 Å². The van der Waals surface area contributed by atoms with Gasteiger partial charge in [0.05, 0.1) is 6.29 Å². The van der Waals surface area contributed by atoms with Crippen LogP contribution in [0, 0.1) is 0 Å². The molecule has 3 nitrogen and oxygen atoms in total. The molecular formula is C14H17KO3. The van der Waals surface area contributed by atoms with Gasteiger partial charge < -0.3 is 4.79 Å². The molecule has 0 bridgehead atoms. The molecule has 0 heterocycles. The summed E-state index contributed by atoms with van der Waals surface area (Å²) in [5, 5.41) is 0. The number of rotatable bonds is 4. The number of carbonyl (C=O) groups is 2. The van der Waals surface area contributed by atoms with Gasteiger partial charge in [-0.05, 0) is 18.1 Å². The van der Waals surface area contributed by atoms with Gasteiger partial charge in [-0.2, -0.15) is 0 Å². The number of hydrogen-bond acceptors (Lipinski definition) is 3. The Bertz CT molecular complexity index is 425. The zero-order chi connectivity index (χ0) is 13.4. The van der Waals surface area contributed by atoms with Gasteiger partial charge in [0.15, 0.2) is 5.78 Å². The smallest absolute Gasteiger partial charge is 0.376 e. The average Bonchev–Trinajstić information content (AvgIpc) is 2.39. The molecule has 0 aliphatic heterocycles. The Kier molecular flexibility index (Phi) is 12.1. The maximum absolute atomic E-state index is 11.4. The van der Waals surface area contributed by atoms with E-state index in [0.717, 1.165) is 0 Å². The fourth-order valence-corrected chi connectivity index (χ4v) is 1.25. The summed E-state index contributed by atoms with van der Waals surface area (Å²) >= 11 is 0. The van der Waals surface area contributed by atoms with E-state index in [1.165, 1.54) is 25.1 Å². The maximum Gasteiger partial charge on any atom is 1.00 e. The first-order valence-electron chi connectivity index (χ1n) is 5.66. The fourth-order valence-electron chi connectivity index (χ4n) is 1.25. The van der Waals surface area contributed by atoms with Crippen molar-refractivity contribution in [1.29, 1.82) is 0 Å². The molecule has 1 aromatic rings. The second kappa shape index (κ2) is 10.8. The van der Waals surface area contributed by atoms with Crippen molar-refractivity contribution in [2.24, 2.45) is 0 Å². The van der Waals surface area contributed by atoms with Gasteiger partial charge in [-0.15, -0.1) is 17.7 Å². The van der Waals surface area contributed by atoms with E-state index in [1.807, 2.05) is 13.8 Å². The largest absolute Gasteiger partial charge is 1.00 e. The van der Waals surface area contributed by atoms with Crippen molar-refractivity contribution in [3.63, 3.8) is 0 Å². The predicted molar refractivity (Wildman–Crippen MR) is 67.2 cm³/mol. The Morgan fingerprint density at radius 2 is 1.61 bits per heavy atom. The molecule has 18 heavy (non-hydrogen) atoms. The van der Waals surface area contributed by atoms with Crippen LogP contribution in [0.1, 0.15) is 60.4 Å². The summed E-state index contributed by atoms with van der Waals surface area (Å²) in [5.74, 6) is -0.258. The van der Waals surface area contributed by atoms with Crippen LogP contribution in [0.4, 0.5) is 0 Å². The maximum atomic E-state index is 11.4. The van der Waals surface area contributed by atoms with Crippen LogP contribution in [0.5, 0.6) is 0 Å². The number of benzene rings is 1. The molecule has 0 aliphatic carbocycles. The van der Waals surface area contributed by atoms with Gasteiger partial charge in [0.2, 0.25) is 0 Å². The van der Waals surface area contributed by atoms with Gasteiger partial charge in [-0.3, -0.25) is 9.59 Å². The van der Waals surface area contributed by atoms with E-state index in [1.54, 1.807) is 13.2 Å². The quantitative estimate of drug-likeness (QED) is 0.439. The molecule has 0 spiro atoms. The van der Waals surface area contributed by atoms with Gasteiger partial charge in [0.25, 0.3) is 0 Å². The Morgan fingerprint density at radius 3 is 2.00 bits per heavy atom. The Morgan fingerprint density at radius 1 is 1.11 bits per heavy atom. The molecule has 0 unspecified atom stereocenters. The molecule has 0 aromatic heterocycles. The minimum Gasteiger partial charge on any atom is -0.376 e. The van der Waals surface area contributed by atoms with Crippen LogP contribution < -0.4 is 51.4 Å². The third-order valence-electron chi connectivity index (χ3n) is 2.10. The Hall–Kier alpha value is -0.134. The van der Waals surface area contributed by atoms with E-state index in [-0.39, 0.29) is 68.5 Å². The van der Waals surface area contributed by atoms with Crippen LogP contribution in [0.2, 0.25) is 0 Å². The zero-order valence-electron chi connectivity index (χ0n) is 11.7. The molecule has 4 heteroatoms. The van der Waals surface area contributed by atoms with Gasteiger partial charge >= 0.3 is 51.4 Å². The van der Waals surface area contributed by atoms with Crippen LogP contribution in [-0.2, 0) is 4.79 Å². The van der Waals surface area contributed by atoms with Crippen molar-refractivity contribution >= 4 is 17.9 Å². The van der Waals surface area contributed by atoms with Crippen molar-refractivity contribution in [2.45, 2.75) is 34.1 Å². The van der Waals surface area contributed by atoms with Crippen molar-refractivity contribution in [1.82, 2.24) is 0 Å². The molecule has 0 N–H and O–H groups in total. The van der Waals surface area contributed by atoms with Crippen molar-refractivity contribution in [2.75, 3.05) is 0 Å². The first-order chi connectivity index (χ1) is 8.08. The summed E-state index contributed by atoms with van der Waals surface area (Å²) in [6.07, 6.45) is 2.03. The van der Waals surface area contributed by atoms with E-state index < -0.39 is 0 Å². The summed E-state index contributed by atoms with van der Waals surface area (Å²) < 4.78 is 0. The molecule has 0 fully saturated rings. The van der Waals surface area contributed by atoms with Crippen LogP contribution in [0.3, 0.4) is 0 Å². The van der Waals surface area contributed by atoms with Gasteiger partial charge in [-0.1, -0.05) is 26.8 Å². The summed E-state index contributed by atoms with van der Waals surface area (Å²) in [5.41, 5.74) is 0.996. The normalized spacial score (nSPS) is 8.44. The number of Topliss-reactive ketones (excluding diaryl/α,β-unsaturated/α-hetero) is 2. The number of hydrogen-bond donors (Lipinski definition) is 0. The molecule has 0 saturated heterocycles.